The Morgan fingerprint density at radius 1 is 1.65 bits per heavy atom. The van der Waals surface area contributed by atoms with Crippen LogP contribution < -0.4 is 5.32 Å². The number of hydrogen-bond donors (Lipinski definition) is 1. The normalized spacial score (nSPS) is 22.9. The van der Waals surface area contributed by atoms with Crippen molar-refractivity contribution in [1.29, 1.82) is 0 Å². The average molecular weight is 255 g/mol. The van der Waals surface area contributed by atoms with Gasteiger partial charge in [-0.2, -0.15) is 0 Å². The second-order valence-electron chi connectivity index (χ2n) is 5.10. The van der Waals surface area contributed by atoms with E-state index in [-0.39, 0.29) is 11.6 Å². The lowest BCUT2D eigenvalue weighted by Gasteiger charge is -2.33. The molecular formula is C12H21N3OS. The summed E-state index contributed by atoms with van der Waals surface area (Å²) in [6.45, 7) is 8.07. The van der Waals surface area contributed by atoms with Crippen molar-refractivity contribution >= 4 is 11.3 Å². The van der Waals surface area contributed by atoms with Crippen LogP contribution in [0, 0.1) is 0 Å². The minimum Gasteiger partial charge on any atom is -0.374 e. The minimum absolute atomic E-state index is 0.0758. The van der Waals surface area contributed by atoms with Crippen molar-refractivity contribution in [2.24, 2.45) is 0 Å². The Morgan fingerprint density at radius 2 is 2.47 bits per heavy atom. The average Bonchev–Trinajstić information content (AvgIpc) is 2.81. The molecule has 1 fully saturated rings. The van der Waals surface area contributed by atoms with Crippen LogP contribution in [0.3, 0.4) is 0 Å². The number of thiazole rings is 1. The molecule has 2 heterocycles. The molecule has 0 bridgehead atoms. The molecule has 0 radical (unpaired) electrons. The molecule has 1 aliphatic heterocycles. The molecule has 1 aromatic rings. The van der Waals surface area contributed by atoms with Crippen LogP contribution in [0.1, 0.15) is 18.9 Å². The summed E-state index contributed by atoms with van der Waals surface area (Å²) in [5.74, 6) is 0. The molecule has 2 rings (SSSR count). The maximum absolute atomic E-state index is 5.74. The number of likely N-dealkylation sites (N-methyl/N-ethyl adjacent to an activating group) is 1. The third kappa shape index (κ3) is 3.48. The Morgan fingerprint density at radius 3 is 3.12 bits per heavy atom. The van der Waals surface area contributed by atoms with Crippen LogP contribution in [0.2, 0.25) is 0 Å². The Kier molecular flexibility index (Phi) is 4.14. The van der Waals surface area contributed by atoms with Crippen molar-refractivity contribution in [3.05, 3.63) is 16.6 Å². The summed E-state index contributed by atoms with van der Waals surface area (Å²) in [6, 6.07) is 0. The highest BCUT2D eigenvalue weighted by atomic mass is 32.1. The van der Waals surface area contributed by atoms with Gasteiger partial charge in [0.1, 0.15) is 5.01 Å². The number of hydrogen-bond acceptors (Lipinski definition) is 5. The maximum Gasteiger partial charge on any atom is 0.112 e. The van der Waals surface area contributed by atoms with E-state index in [0.29, 0.717) is 0 Å². The van der Waals surface area contributed by atoms with Crippen LogP contribution in [0.25, 0.3) is 0 Å². The fourth-order valence-electron chi connectivity index (χ4n) is 1.97. The molecular weight excluding hydrogens is 234 g/mol. The van der Waals surface area contributed by atoms with Crippen molar-refractivity contribution in [3.63, 3.8) is 0 Å². The number of ether oxygens (including phenoxy) is 1. The molecule has 1 saturated heterocycles. The number of morpholine rings is 1. The predicted octanol–water partition coefficient (Wildman–Crippen LogP) is 1.30. The summed E-state index contributed by atoms with van der Waals surface area (Å²) < 4.78 is 5.74. The van der Waals surface area contributed by atoms with Crippen molar-refractivity contribution in [2.45, 2.75) is 25.5 Å². The second-order valence-corrected chi connectivity index (χ2v) is 5.99. The van der Waals surface area contributed by atoms with Gasteiger partial charge in [0.05, 0.1) is 18.2 Å². The van der Waals surface area contributed by atoms with Gasteiger partial charge < -0.3 is 15.0 Å². The Balaban J connectivity index is 1.85. The first-order chi connectivity index (χ1) is 8.08. The monoisotopic (exact) mass is 255 g/mol. The summed E-state index contributed by atoms with van der Waals surface area (Å²) >= 11 is 1.69. The SMILES string of the molecule is CN1CCOC(CNC(C)(C)c2nccs2)C1. The summed E-state index contributed by atoms with van der Waals surface area (Å²) in [7, 11) is 2.14. The number of rotatable bonds is 4. The summed E-state index contributed by atoms with van der Waals surface area (Å²) in [4.78, 5) is 6.68. The van der Waals surface area contributed by atoms with Gasteiger partial charge >= 0.3 is 0 Å². The number of aromatic nitrogens is 1. The van der Waals surface area contributed by atoms with E-state index in [1.54, 1.807) is 11.3 Å². The number of nitrogens with one attached hydrogen (secondary N) is 1. The molecule has 1 aromatic heterocycles. The molecule has 4 nitrogen and oxygen atoms in total. The predicted molar refractivity (Wildman–Crippen MR) is 70.4 cm³/mol. The molecule has 1 N–H and O–H groups in total. The van der Waals surface area contributed by atoms with Gasteiger partial charge in [-0.3, -0.25) is 0 Å². The zero-order chi connectivity index (χ0) is 12.3. The molecule has 0 saturated carbocycles. The first kappa shape index (κ1) is 13.0. The smallest absolute Gasteiger partial charge is 0.112 e. The maximum atomic E-state index is 5.74. The zero-order valence-electron chi connectivity index (χ0n) is 10.8. The van der Waals surface area contributed by atoms with Gasteiger partial charge in [-0.15, -0.1) is 11.3 Å². The lowest BCUT2D eigenvalue weighted by Crippen LogP contribution is -2.48. The molecule has 0 aromatic carbocycles. The van der Waals surface area contributed by atoms with E-state index in [1.807, 2.05) is 11.6 Å². The molecule has 1 aliphatic rings. The fourth-order valence-corrected chi connectivity index (χ4v) is 2.71. The molecule has 96 valence electrons. The van der Waals surface area contributed by atoms with E-state index in [0.717, 1.165) is 31.2 Å². The first-order valence-electron chi connectivity index (χ1n) is 6.03. The van der Waals surface area contributed by atoms with Crippen LogP contribution >= 0.6 is 11.3 Å². The second kappa shape index (κ2) is 5.44. The fraction of sp³-hybridized carbons (Fsp3) is 0.750. The highest BCUT2D eigenvalue weighted by Gasteiger charge is 2.25. The Labute approximate surface area is 107 Å². The van der Waals surface area contributed by atoms with E-state index in [1.165, 1.54) is 0 Å². The third-order valence-electron chi connectivity index (χ3n) is 3.08. The van der Waals surface area contributed by atoms with E-state index in [4.69, 9.17) is 4.74 Å². The van der Waals surface area contributed by atoms with Crippen LogP contribution in [-0.4, -0.2) is 49.3 Å². The molecule has 0 amide bonds. The van der Waals surface area contributed by atoms with Crippen molar-refractivity contribution < 1.29 is 4.74 Å². The van der Waals surface area contributed by atoms with Gasteiger partial charge in [0.15, 0.2) is 0 Å². The van der Waals surface area contributed by atoms with Gasteiger partial charge in [0.2, 0.25) is 0 Å². The number of nitrogens with zero attached hydrogens (tertiary/aromatic N) is 2. The van der Waals surface area contributed by atoms with E-state index in [2.05, 4.69) is 36.1 Å². The van der Waals surface area contributed by atoms with Gasteiger partial charge in [0.25, 0.3) is 0 Å². The van der Waals surface area contributed by atoms with Crippen LogP contribution in [0.4, 0.5) is 0 Å². The summed E-state index contributed by atoms with van der Waals surface area (Å²) in [5, 5.41) is 6.69. The quantitative estimate of drug-likeness (QED) is 0.880. The molecule has 1 atom stereocenters. The lowest BCUT2D eigenvalue weighted by molar-refractivity contribution is -0.0211. The van der Waals surface area contributed by atoms with Crippen LogP contribution in [0.15, 0.2) is 11.6 Å². The standard InChI is InChI=1S/C12H21N3OS/c1-12(2,11-13-4-7-17-11)14-8-10-9-15(3)5-6-16-10/h4,7,10,14H,5-6,8-9H2,1-3H3. The van der Waals surface area contributed by atoms with E-state index >= 15 is 0 Å². The largest absolute Gasteiger partial charge is 0.374 e. The molecule has 1 unspecified atom stereocenters. The van der Waals surface area contributed by atoms with Gasteiger partial charge in [0, 0.05) is 31.2 Å². The topological polar surface area (TPSA) is 37.4 Å². The van der Waals surface area contributed by atoms with E-state index in [9.17, 15) is 0 Å². The summed E-state index contributed by atoms with van der Waals surface area (Å²) in [6.07, 6.45) is 2.14. The molecule has 0 spiro atoms. The zero-order valence-corrected chi connectivity index (χ0v) is 11.6. The Bertz CT molecular complexity index is 340. The lowest BCUT2D eigenvalue weighted by atomic mass is 10.1. The molecule has 5 heteroatoms. The van der Waals surface area contributed by atoms with E-state index < -0.39 is 0 Å². The van der Waals surface area contributed by atoms with Gasteiger partial charge in [-0.05, 0) is 20.9 Å². The highest BCUT2D eigenvalue weighted by Crippen LogP contribution is 2.22. The van der Waals surface area contributed by atoms with Gasteiger partial charge in [-0.25, -0.2) is 4.98 Å². The Hall–Kier alpha value is -0.490. The van der Waals surface area contributed by atoms with Gasteiger partial charge in [-0.1, -0.05) is 0 Å². The van der Waals surface area contributed by atoms with Crippen LogP contribution in [-0.2, 0) is 10.3 Å². The highest BCUT2D eigenvalue weighted by molar-refractivity contribution is 7.09. The van der Waals surface area contributed by atoms with Crippen molar-refractivity contribution in [1.82, 2.24) is 15.2 Å². The first-order valence-corrected chi connectivity index (χ1v) is 6.91. The van der Waals surface area contributed by atoms with Crippen molar-refractivity contribution in [2.75, 3.05) is 33.3 Å². The minimum atomic E-state index is -0.0758. The third-order valence-corrected chi connectivity index (χ3v) is 4.18. The summed E-state index contributed by atoms with van der Waals surface area (Å²) in [5.41, 5.74) is -0.0758. The van der Waals surface area contributed by atoms with Crippen LogP contribution in [0.5, 0.6) is 0 Å². The molecule has 17 heavy (non-hydrogen) atoms. The van der Waals surface area contributed by atoms with Crippen molar-refractivity contribution in [3.8, 4) is 0 Å². The molecule has 0 aliphatic carbocycles.